The fourth-order valence-electron chi connectivity index (χ4n) is 1.77. The minimum absolute atomic E-state index is 0.172. The van der Waals surface area contributed by atoms with Crippen LogP contribution in [0.15, 0.2) is 34.8 Å². The summed E-state index contributed by atoms with van der Waals surface area (Å²) in [6.45, 7) is 1.87. The molecule has 104 valence electrons. The first kappa shape index (κ1) is 14.3. The van der Waals surface area contributed by atoms with E-state index in [1.54, 1.807) is 12.1 Å². The second-order valence-electron chi connectivity index (χ2n) is 4.33. The molecule has 0 unspecified atom stereocenters. The van der Waals surface area contributed by atoms with Gasteiger partial charge in [0.15, 0.2) is 0 Å². The molecule has 2 rings (SSSR count). The number of aryl methyl sites for hydroxylation is 1. The predicted molar refractivity (Wildman–Crippen MR) is 79.3 cm³/mol. The summed E-state index contributed by atoms with van der Waals surface area (Å²) in [5.74, 6) is -1.68. The number of nitrogens with two attached hydrogens (primary N) is 1. The summed E-state index contributed by atoms with van der Waals surface area (Å²) >= 11 is 3.30. The van der Waals surface area contributed by atoms with Crippen LogP contribution in [0.5, 0.6) is 5.75 Å². The minimum atomic E-state index is -0.802. The molecule has 4 N–H and O–H groups in total. The monoisotopic (exact) mass is 338 g/mol. The topological polar surface area (TPSA) is 75.3 Å². The number of anilines is 2. The molecule has 0 heterocycles. The molecular weight excluding hydrogens is 327 g/mol. The predicted octanol–water partition coefficient (Wildman–Crippen LogP) is 3.44. The van der Waals surface area contributed by atoms with Crippen molar-refractivity contribution >= 4 is 33.2 Å². The van der Waals surface area contributed by atoms with E-state index in [1.807, 2.05) is 6.92 Å². The molecule has 0 aliphatic carbocycles. The van der Waals surface area contributed by atoms with Crippen LogP contribution in [0, 0.1) is 12.7 Å². The first-order chi connectivity index (χ1) is 9.38. The van der Waals surface area contributed by atoms with Gasteiger partial charge in [0, 0.05) is 10.5 Å². The zero-order valence-electron chi connectivity index (χ0n) is 10.6. The van der Waals surface area contributed by atoms with Crippen LogP contribution >= 0.6 is 15.9 Å². The number of rotatable bonds is 2. The van der Waals surface area contributed by atoms with Crippen molar-refractivity contribution in [3.05, 3.63) is 51.7 Å². The highest BCUT2D eigenvalue weighted by Crippen LogP contribution is 2.31. The largest absolute Gasteiger partial charge is 0.508 e. The second kappa shape index (κ2) is 5.50. The van der Waals surface area contributed by atoms with E-state index in [1.165, 1.54) is 12.1 Å². The van der Waals surface area contributed by atoms with E-state index in [2.05, 4.69) is 21.2 Å². The average molecular weight is 339 g/mol. The van der Waals surface area contributed by atoms with Crippen molar-refractivity contribution in [1.29, 1.82) is 0 Å². The zero-order valence-corrected chi connectivity index (χ0v) is 12.2. The van der Waals surface area contributed by atoms with E-state index in [4.69, 9.17) is 10.8 Å². The molecule has 20 heavy (non-hydrogen) atoms. The molecule has 1 amide bonds. The van der Waals surface area contributed by atoms with Crippen LogP contribution in [0.1, 0.15) is 15.9 Å². The average Bonchev–Trinajstić information content (AvgIpc) is 2.33. The number of carbonyl (C=O) groups is 1. The van der Waals surface area contributed by atoms with Crippen molar-refractivity contribution in [3.8, 4) is 5.75 Å². The Morgan fingerprint density at radius 1 is 1.35 bits per heavy atom. The van der Waals surface area contributed by atoms with E-state index in [9.17, 15) is 9.18 Å². The summed E-state index contributed by atoms with van der Waals surface area (Å²) in [4.78, 5) is 12.0. The lowest BCUT2D eigenvalue weighted by Crippen LogP contribution is -2.15. The number of amides is 1. The maximum Gasteiger partial charge on any atom is 0.258 e. The van der Waals surface area contributed by atoms with Gasteiger partial charge in [0.1, 0.15) is 11.6 Å². The molecule has 0 spiro atoms. The van der Waals surface area contributed by atoms with E-state index < -0.39 is 11.7 Å². The number of phenols is 1. The number of nitrogens with one attached hydrogen (secondary N) is 1. The Labute approximate surface area is 123 Å². The number of halogens is 2. The van der Waals surface area contributed by atoms with Gasteiger partial charge in [0.2, 0.25) is 0 Å². The number of hydrogen-bond acceptors (Lipinski definition) is 3. The number of phenolic OH excluding ortho intramolecular Hbond substituents is 1. The van der Waals surface area contributed by atoms with Crippen LogP contribution in [-0.4, -0.2) is 11.0 Å². The number of hydrogen-bond donors (Lipinski definition) is 3. The quantitative estimate of drug-likeness (QED) is 0.734. The molecule has 2 aromatic rings. The molecule has 0 saturated carbocycles. The number of aromatic hydroxyl groups is 1. The Hall–Kier alpha value is -2.08. The zero-order chi connectivity index (χ0) is 14.9. The van der Waals surface area contributed by atoms with Crippen LogP contribution in [0.25, 0.3) is 0 Å². The van der Waals surface area contributed by atoms with Gasteiger partial charge in [-0.05, 0) is 52.7 Å². The molecule has 0 aromatic heterocycles. The Kier molecular flexibility index (Phi) is 3.94. The third-order valence-corrected chi connectivity index (χ3v) is 3.33. The first-order valence-electron chi connectivity index (χ1n) is 5.74. The molecular formula is C14H12BrFN2O2. The minimum Gasteiger partial charge on any atom is -0.508 e. The summed E-state index contributed by atoms with van der Waals surface area (Å²) < 4.78 is 14.2. The highest BCUT2D eigenvalue weighted by atomic mass is 79.9. The maximum absolute atomic E-state index is 13.6. The van der Waals surface area contributed by atoms with Gasteiger partial charge >= 0.3 is 0 Å². The van der Waals surface area contributed by atoms with Gasteiger partial charge in [-0.25, -0.2) is 4.39 Å². The molecule has 6 heteroatoms. The van der Waals surface area contributed by atoms with E-state index in [-0.39, 0.29) is 11.3 Å². The Morgan fingerprint density at radius 3 is 2.65 bits per heavy atom. The molecule has 2 aromatic carbocycles. The standard InChI is InChI=1S/C14H12BrFN2O2/c1-7-4-10(15)13(12(17)5-7)18-14(20)9-3-2-8(19)6-11(9)16/h2-6,19H,17H2,1H3,(H,18,20). The summed E-state index contributed by atoms with van der Waals surface area (Å²) in [6.07, 6.45) is 0. The Morgan fingerprint density at radius 2 is 2.05 bits per heavy atom. The SMILES string of the molecule is Cc1cc(N)c(NC(=O)c2ccc(O)cc2F)c(Br)c1. The van der Waals surface area contributed by atoms with E-state index >= 15 is 0 Å². The van der Waals surface area contributed by atoms with Gasteiger partial charge in [-0.15, -0.1) is 0 Å². The third kappa shape index (κ3) is 2.91. The van der Waals surface area contributed by atoms with Crippen LogP contribution in [-0.2, 0) is 0 Å². The van der Waals surface area contributed by atoms with Gasteiger partial charge in [-0.1, -0.05) is 0 Å². The second-order valence-corrected chi connectivity index (χ2v) is 5.18. The molecule has 4 nitrogen and oxygen atoms in total. The fraction of sp³-hybridized carbons (Fsp3) is 0.0714. The van der Waals surface area contributed by atoms with Crippen molar-refractivity contribution < 1.29 is 14.3 Å². The molecule has 0 aliphatic heterocycles. The molecule has 0 radical (unpaired) electrons. The van der Waals surface area contributed by atoms with Gasteiger partial charge in [-0.3, -0.25) is 4.79 Å². The molecule has 0 atom stereocenters. The normalized spacial score (nSPS) is 10.3. The Bertz CT molecular complexity index is 666. The van der Waals surface area contributed by atoms with Crippen molar-refractivity contribution in [3.63, 3.8) is 0 Å². The number of benzene rings is 2. The van der Waals surface area contributed by atoms with Crippen LogP contribution < -0.4 is 11.1 Å². The first-order valence-corrected chi connectivity index (χ1v) is 6.53. The van der Waals surface area contributed by atoms with Crippen LogP contribution in [0.2, 0.25) is 0 Å². The number of nitrogen functional groups attached to an aromatic ring is 1. The summed E-state index contributed by atoms with van der Waals surface area (Å²) in [5.41, 5.74) is 7.36. The third-order valence-electron chi connectivity index (χ3n) is 2.70. The van der Waals surface area contributed by atoms with Crippen LogP contribution in [0.4, 0.5) is 15.8 Å². The highest BCUT2D eigenvalue weighted by molar-refractivity contribution is 9.10. The van der Waals surface area contributed by atoms with Gasteiger partial charge in [0.05, 0.1) is 16.9 Å². The molecule has 0 bridgehead atoms. The van der Waals surface area contributed by atoms with Gasteiger partial charge < -0.3 is 16.2 Å². The smallest absolute Gasteiger partial charge is 0.258 e. The van der Waals surface area contributed by atoms with E-state index in [0.29, 0.717) is 15.8 Å². The van der Waals surface area contributed by atoms with E-state index in [0.717, 1.165) is 11.6 Å². The fourth-order valence-corrected chi connectivity index (χ4v) is 2.46. The highest BCUT2D eigenvalue weighted by Gasteiger charge is 2.15. The summed E-state index contributed by atoms with van der Waals surface area (Å²) in [6, 6.07) is 6.82. The van der Waals surface area contributed by atoms with Crippen molar-refractivity contribution in [2.24, 2.45) is 0 Å². The summed E-state index contributed by atoms with van der Waals surface area (Å²) in [7, 11) is 0. The Balaban J connectivity index is 2.33. The van der Waals surface area contributed by atoms with Crippen molar-refractivity contribution in [2.45, 2.75) is 6.92 Å². The van der Waals surface area contributed by atoms with Crippen molar-refractivity contribution in [1.82, 2.24) is 0 Å². The van der Waals surface area contributed by atoms with Crippen molar-refractivity contribution in [2.75, 3.05) is 11.1 Å². The number of carbonyl (C=O) groups excluding carboxylic acids is 1. The van der Waals surface area contributed by atoms with Gasteiger partial charge in [0.25, 0.3) is 5.91 Å². The molecule has 0 aliphatic rings. The lowest BCUT2D eigenvalue weighted by atomic mass is 10.1. The van der Waals surface area contributed by atoms with Gasteiger partial charge in [-0.2, -0.15) is 0 Å². The molecule has 0 fully saturated rings. The lowest BCUT2D eigenvalue weighted by Gasteiger charge is -2.12. The summed E-state index contributed by atoms with van der Waals surface area (Å²) in [5, 5.41) is 11.7. The molecule has 0 saturated heterocycles. The maximum atomic E-state index is 13.6. The lowest BCUT2D eigenvalue weighted by molar-refractivity contribution is 0.102. The van der Waals surface area contributed by atoms with Crippen LogP contribution in [0.3, 0.4) is 0 Å².